The van der Waals surface area contributed by atoms with Gasteiger partial charge in [-0.15, -0.1) is 0 Å². The first-order valence-corrected chi connectivity index (χ1v) is 14.5. The van der Waals surface area contributed by atoms with Gasteiger partial charge in [0.05, 0.1) is 37.3 Å². The number of carbonyl (C=O) groups excluding carboxylic acids is 2. The Labute approximate surface area is 236 Å². The summed E-state index contributed by atoms with van der Waals surface area (Å²) in [6.07, 6.45) is 1.64. The summed E-state index contributed by atoms with van der Waals surface area (Å²) in [7, 11) is 3.91. The molecule has 0 N–H and O–H groups in total. The van der Waals surface area contributed by atoms with Crippen molar-refractivity contribution in [3.05, 3.63) is 59.7 Å². The number of anilines is 2. The number of ether oxygens (including phenoxy) is 2. The van der Waals surface area contributed by atoms with Crippen LogP contribution in [0.1, 0.15) is 47.4 Å². The standard InChI is InChI=1S/C16H24N2O2.C14H18BrNO2/c1-4-15(17(2)3)16(19)13-5-7-14(8-6-13)18-9-11-20-12-10-18;1-2-13(15)14(17)11-3-5-12(6-4-11)16-7-9-18-10-8-16/h5-8,15H,4,9-12H2,1-3H3;3-6,13H,2,7-10H2,1H3. The molecule has 0 radical (unpaired) electrons. The number of carbonyl (C=O) groups is 2. The predicted molar refractivity (Wildman–Crippen MR) is 158 cm³/mol. The van der Waals surface area contributed by atoms with Crippen LogP contribution in [0.5, 0.6) is 0 Å². The normalized spacial score (nSPS) is 17.4. The Hall–Kier alpha value is -2.26. The first-order chi connectivity index (χ1) is 18.3. The van der Waals surface area contributed by atoms with E-state index in [-0.39, 0.29) is 22.4 Å². The van der Waals surface area contributed by atoms with E-state index in [0.717, 1.165) is 82.3 Å². The minimum absolute atomic E-state index is 0.0377. The number of nitrogens with zero attached hydrogens (tertiary/aromatic N) is 3. The second kappa shape index (κ2) is 15.4. The van der Waals surface area contributed by atoms with Crippen LogP contribution in [0.25, 0.3) is 0 Å². The number of Topliss-reactive ketones (excluding diaryl/α,β-unsaturated/α-hetero) is 2. The number of alkyl halides is 1. The van der Waals surface area contributed by atoms with Crippen molar-refractivity contribution in [3.63, 3.8) is 0 Å². The topological polar surface area (TPSA) is 62.3 Å². The van der Waals surface area contributed by atoms with Gasteiger partial charge in [0, 0.05) is 48.7 Å². The zero-order valence-electron chi connectivity index (χ0n) is 23.2. The molecule has 2 fully saturated rings. The van der Waals surface area contributed by atoms with E-state index < -0.39 is 0 Å². The van der Waals surface area contributed by atoms with Crippen LogP contribution in [-0.2, 0) is 9.47 Å². The lowest BCUT2D eigenvalue weighted by molar-refractivity contribution is 0.0871. The lowest BCUT2D eigenvalue weighted by Gasteiger charge is -2.29. The van der Waals surface area contributed by atoms with Crippen molar-refractivity contribution in [2.45, 2.75) is 37.6 Å². The molecule has 0 bridgehead atoms. The molecule has 2 atom stereocenters. The molecule has 8 heteroatoms. The van der Waals surface area contributed by atoms with Crippen molar-refractivity contribution in [2.75, 3.05) is 76.5 Å². The molecule has 0 aliphatic carbocycles. The highest BCUT2D eigenvalue weighted by Gasteiger charge is 2.21. The fourth-order valence-corrected chi connectivity index (χ4v) is 4.92. The van der Waals surface area contributed by atoms with Crippen LogP contribution in [0.2, 0.25) is 0 Å². The predicted octanol–water partition coefficient (Wildman–Crippen LogP) is 4.93. The average Bonchev–Trinajstić information content (AvgIpc) is 2.98. The number of halogens is 1. The van der Waals surface area contributed by atoms with Crippen molar-refractivity contribution in [1.29, 1.82) is 0 Å². The summed E-state index contributed by atoms with van der Waals surface area (Å²) in [5, 5.41) is 0. The minimum atomic E-state index is -0.0771. The van der Waals surface area contributed by atoms with Crippen LogP contribution < -0.4 is 9.80 Å². The third kappa shape index (κ3) is 8.37. The summed E-state index contributed by atoms with van der Waals surface area (Å²) in [6, 6.07) is 15.8. The molecule has 2 aromatic carbocycles. The van der Waals surface area contributed by atoms with Crippen molar-refractivity contribution < 1.29 is 19.1 Å². The fraction of sp³-hybridized carbons (Fsp3) is 0.533. The molecule has 208 valence electrons. The minimum Gasteiger partial charge on any atom is -0.378 e. The summed E-state index contributed by atoms with van der Waals surface area (Å²) in [5.41, 5.74) is 3.90. The Kier molecular flexibility index (Phi) is 12.2. The van der Waals surface area contributed by atoms with Crippen molar-refractivity contribution in [3.8, 4) is 0 Å². The average molecular weight is 589 g/mol. The number of hydrogen-bond donors (Lipinski definition) is 0. The van der Waals surface area contributed by atoms with Gasteiger partial charge in [0.2, 0.25) is 0 Å². The smallest absolute Gasteiger partial charge is 0.179 e. The van der Waals surface area contributed by atoms with E-state index in [2.05, 4.69) is 25.7 Å². The number of likely N-dealkylation sites (N-methyl/N-ethyl adjacent to an activating group) is 1. The van der Waals surface area contributed by atoms with Crippen LogP contribution in [0.15, 0.2) is 48.5 Å². The van der Waals surface area contributed by atoms with Crippen LogP contribution in [-0.4, -0.2) is 94.0 Å². The number of ketones is 2. The molecule has 2 aliphatic rings. The van der Waals surface area contributed by atoms with Gasteiger partial charge < -0.3 is 19.3 Å². The highest BCUT2D eigenvalue weighted by Crippen LogP contribution is 2.20. The highest BCUT2D eigenvalue weighted by molar-refractivity contribution is 9.10. The molecule has 4 rings (SSSR count). The van der Waals surface area contributed by atoms with E-state index in [1.165, 1.54) is 5.69 Å². The van der Waals surface area contributed by atoms with Gasteiger partial charge in [-0.05, 0) is 75.5 Å². The second-order valence-corrected chi connectivity index (χ2v) is 10.9. The molecule has 0 aromatic heterocycles. The van der Waals surface area contributed by atoms with Gasteiger partial charge in [-0.1, -0.05) is 29.8 Å². The zero-order chi connectivity index (χ0) is 27.5. The maximum atomic E-state index is 12.4. The molecule has 38 heavy (non-hydrogen) atoms. The summed E-state index contributed by atoms with van der Waals surface area (Å²) in [4.78, 5) is 30.9. The molecular weight excluding hydrogens is 546 g/mol. The maximum absolute atomic E-state index is 12.4. The van der Waals surface area contributed by atoms with E-state index >= 15 is 0 Å². The van der Waals surface area contributed by atoms with E-state index in [4.69, 9.17) is 9.47 Å². The van der Waals surface area contributed by atoms with Crippen molar-refractivity contribution in [2.24, 2.45) is 0 Å². The summed E-state index contributed by atoms with van der Waals surface area (Å²) >= 11 is 3.40. The van der Waals surface area contributed by atoms with E-state index in [9.17, 15) is 9.59 Å². The Balaban J connectivity index is 0.000000212. The van der Waals surface area contributed by atoms with Crippen molar-refractivity contribution >= 4 is 38.9 Å². The largest absolute Gasteiger partial charge is 0.378 e. The SMILES string of the molecule is CCC(Br)C(=O)c1ccc(N2CCOCC2)cc1.CCC(C(=O)c1ccc(N2CCOCC2)cc1)N(C)C. The Morgan fingerprint density at radius 2 is 1.13 bits per heavy atom. The van der Waals surface area contributed by atoms with Crippen LogP contribution in [0.3, 0.4) is 0 Å². The molecule has 0 amide bonds. The van der Waals surface area contributed by atoms with E-state index in [0.29, 0.717) is 0 Å². The van der Waals surface area contributed by atoms with Gasteiger partial charge in [0.1, 0.15) is 0 Å². The monoisotopic (exact) mass is 587 g/mol. The van der Waals surface area contributed by atoms with Gasteiger partial charge >= 0.3 is 0 Å². The number of morpholine rings is 2. The van der Waals surface area contributed by atoms with Gasteiger partial charge in [0.15, 0.2) is 11.6 Å². The van der Waals surface area contributed by atoms with E-state index in [1.807, 2.05) is 81.4 Å². The third-order valence-corrected chi connectivity index (χ3v) is 8.08. The maximum Gasteiger partial charge on any atom is 0.179 e. The molecule has 2 unspecified atom stereocenters. The molecule has 2 heterocycles. The van der Waals surface area contributed by atoms with E-state index in [1.54, 1.807) is 0 Å². The first-order valence-electron chi connectivity index (χ1n) is 13.6. The second-order valence-electron chi connectivity index (χ2n) is 9.78. The molecule has 7 nitrogen and oxygen atoms in total. The van der Waals surface area contributed by atoms with Crippen LogP contribution >= 0.6 is 15.9 Å². The Morgan fingerprint density at radius 1 is 0.737 bits per heavy atom. The third-order valence-electron chi connectivity index (χ3n) is 7.01. The Morgan fingerprint density at radius 3 is 1.47 bits per heavy atom. The summed E-state index contributed by atoms with van der Waals surface area (Å²) < 4.78 is 10.7. The van der Waals surface area contributed by atoms with Crippen LogP contribution in [0.4, 0.5) is 11.4 Å². The Bertz CT molecular complexity index is 1000. The van der Waals surface area contributed by atoms with Gasteiger partial charge in [-0.2, -0.15) is 0 Å². The zero-order valence-corrected chi connectivity index (χ0v) is 24.8. The quantitative estimate of drug-likeness (QED) is 0.304. The van der Waals surface area contributed by atoms with Crippen LogP contribution in [0, 0.1) is 0 Å². The molecular formula is C30H42BrN3O4. The van der Waals surface area contributed by atoms with Gasteiger partial charge in [-0.3, -0.25) is 14.5 Å². The summed E-state index contributed by atoms with van der Waals surface area (Å²) in [6.45, 7) is 10.8. The van der Waals surface area contributed by atoms with Gasteiger partial charge in [-0.25, -0.2) is 0 Å². The molecule has 2 aromatic rings. The van der Waals surface area contributed by atoms with Gasteiger partial charge in [0.25, 0.3) is 0 Å². The molecule has 0 saturated carbocycles. The molecule has 2 saturated heterocycles. The highest BCUT2D eigenvalue weighted by atomic mass is 79.9. The number of benzene rings is 2. The first kappa shape index (κ1) is 30.3. The van der Waals surface area contributed by atoms with Crippen molar-refractivity contribution in [1.82, 2.24) is 4.90 Å². The lowest BCUT2D eigenvalue weighted by Crippen LogP contribution is -2.36. The molecule has 2 aliphatic heterocycles. The summed E-state index contributed by atoms with van der Waals surface area (Å²) in [5.74, 6) is 0.358. The lowest BCUT2D eigenvalue weighted by atomic mass is 10.0. The fourth-order valence-electron chi connectivity index (χ4n) is 4.66. The molecule has 0 spiro atoms. The number of rotatable bonds is 9. The number of hydrogen-bond acceptors (Lipinski definition) is 7.